The Morgan fingerprint density at radius 2 is 2.16 bits per heavy atom. The fourth-order valence-electron chi connectivity index (χ4n) is 1.70. The van der Waals surface area contributed by atoms with Crippen LogP contribution in [-0.4, -0.2) is 34.4 Å². The minimum atomic E-state index is 0.00180. The van der Waals surface area contributed by atoms with Crippen molar-refractivity contribution in [3.05, 3.63) is 21.4 Å². The molecule has 1 aromatic heterocycles. The lowest BCUT2D eigenvalue weighted by Gasteiger charge is -2.26. The van der Waals surface area contributed by atoms with Gasteiger partial charge in [0.2, 0.25) is 0 Å². The van der Waals surface area contributed by atoms with Crippen LogP contribution in [0.4, 0.5) is 0 Å². The molecule has 0 aliphatic carbocycles. The highest BCUT2D eigenvalue weighted by Gasteiger charge is 2.21. The molecule has 0 bridgehead atoms. The molecule has 0 saturated carbocycles. The standard InChI is InChI=1S/C13H21N3O2S/c1-8(2)16(6-5-12(14)15-18)13(17)11-7-9(3)10(4)19-11/h7-8,18H,5-6H2,1-4H3,(H2,14,15). The first-order valence-electron chi connectivity index (χ1n) is 6.21. The van der Waals surface area contributed by atoms with Crippen molar-refractivity contribution in [3.63, 3.8) is 0 Å². The Kier molecular flexibility index (Phi) is 5.35. The molecule has 1 heterocycles. The van der Waals surface area contributed by atoms with Gasteiger partial charge in [0.15, 0.2) is 0 Å². The average molecular weight is 283 g/mol. The number of carbonyl (C=O) groups excluding carboxylic acids is 1. The zero-order valence-corrected chi connectivity index (χ0v) is 12.6. The molecule has 106 valence electrons. The summed E-state index contributed by atoms with van der Waals surface area (Å²) in [4.78, 5) is 16.1. The van der Waals surface area contributed by atoms with Crippen LogP contribution < -0.4 is 5.73 Å². The highest BCUT2D eigenvalue weighted by atomic mass is 32.1. The Bertz CT molecular complexity index is 461. The molecule has 19 heavy (non-hydrogen) atoms. The van der Waals surface area contributed by atoms with Crippen molar-refractivity contribution in [2.75, 3.05) is 6.54 Å². The molecule has 0 radical (unpaired) electrons. The van der Waals surface area contributed by atoms with Crippen molar-refractivity contribution >= 4 is 23.1 Å². The Labute approximate surface area is 117 Å². The molecule has 1 aromatic rings. The van der Waals surface area contributed by atoms with Crippen LogP contribution in [0.2, 0.25) is 0 Å². The van der Waals surface area contributed by atoms with Crippen molar-refractivity contribution in [1.29, 1.82) is 0 Å². The van der Waals surface area contributed by atoms with Crippen LogP contribution in [0.5, 0.6) is 0 Å². The molecule has 6 heteroatoms. The Morgan fingerprint density at radius 1 is 1.53 bits per heavy atom. The fraction of sp³-hybridized carbons (Fsp3) is 0.538. The van der Waals surface area contributed by atoms with Crippen LogP contribution in [0.15, 0.2) is 11.2 Å². The second kappa shape index (κ2) is 6.56. The monoisotopic (exact) mass is 283 g/mol. The van der Waals surface area contributed by atoms with Crippen LogP contribution in [0.25, 0.3) is 0 Å². The van der Waals surface area contributed by atoms with Crippen molar-refractivity contribution < 1.29 is 10.0 Å². The minimum Gasteiger partial charge on any atom is -0.409 e. The van der Waals surface area contributed by atoms with E-state index in [1.54, 1.807) is 4.90 Å². The van der Waals surface area contributed by atoms with Gasteiger partial charge in [0.05, 0.1) is 4.88 Å². The van der Waals surface area contributed by atoms with E-state index in [1.165, 1.54) is 11.3 Å². The molecule has 1 rings (SSSR count). The molecule has 0 spiro atoms. The van der Waals surface area contributed by atoms with Crippen molar-refractivity contribution in [1.82, 2.24) is 4.90 Å². The second-order valence-corrected chi connectivity index (χ2v) is 6.04. The summed E-state index contributed by atoms with van der Waals surface area (Å²) in [6.45, 7) is 8.36. The van der Waals surface area contributed by atoms with Crippen LogP contribution in [0, 0.1) is 13.8 Å². The Morgan fingerprint density at radius 3 is 2.58 bits per heavy atom. The van der Waals surface area contributed by atoms with Crippen molar-refractivity contribution in [2.45, 2.75) is 40.2 Å². The van der Waals surface area contributed by atoms with E-state index in [2.05, 4.69) is 5.16 Å². The van der Waals surface area contributed by atoms with Gasteiger partial charge in [-0.15, -0.1) is 11.3 Å². The third-order valence-electron chi connectivity index (χ3n) is 3.00. The van der Waals surface area contributed by atoms with Gasteiger partial charge in [-0.05, 0) is 39.3 Å². The molecular weight excluding hydrogens is 262 g/mol. The van der Waals surface area contributed by atoms with E-state index in [0.29, 0.717) is 13.0 Å². The van der Waals surface area contributed by atoms with Crippen LogP contribution in [-0.2, 0) is 0 Å². The maximum atomic E-state index is 12.4. The number of thiophene rings is 1. The predicted octanol–water partition coefficient (Wildman–Crippen LogP) is 2.35. The molecule has 0 aliphatic heterocycles. The summed E-state index contributed by atoms with van der Waals surface area (Å²) in [5, 5.41) is 11.5. The Balaban J connectivity index is 2.84. The smallest absolute Gasteiger partial charge is 0.264 e. The number of hydrogen-bond acceptors (Lipinski definition) is 4. The number of carbonyl (C=O) groups is 1. The highest BCUT2D eigenvalue weighted by Crippen LogP contribution is 2.22. The lowest BCUT2D eigenvalue weighted by atomic mass is 10.2. The van der Waals surface area contributed by atoms with Crippen LogP contribution in [0.1, 0.15) is 40.4 Å². The summed E-state index contributed by atoms with van der Waals surface area (Å²) in [7, 11) is 0. The third kappa shape index (κ3) is 3.96. The SMILES string of the molecule is Cc1cc(C(=O)N(CCC(N)=NO)C(C)C)sc1C. The van der Waals surface area contributed by atoms with E-state index >= 15 is 0 Å². The predicted molar refractivity (Wildman–Crippen MR) is 78.0 cm³/mol. The summed E-state index contributed by atoms with van der Waals surface area (Å²) in [6, 6.07) is 1.99. The fourth-order valence-corrected chi connectivity index (χ4v) is 2.69. The van der Waals surface area contributed by atoms with Gasteiger partial charge in [0.1, 0.15) is 5.84 Å². The lowest BCUT2D eigenvalue weighted by molar-refractivity contribution is 0.0716. The number of nitrogens with two attached hydrogens (primary N) is 1. The van der Waals surface area contributed by atoms with E-state index in [1.807, 2.05) is 33.8 Å². The van der Waals surface area contributed by atoms with Crippen molar-refractivity contribution in [2.24, 2.45) is 10.9 Å². The maximum Gasteiger partial charge on any atom is 0.264 e. The largest absolute Gasteiger partial charge is 0.409 e. The van der Waals surface area contributed by atoms with E-state index in [9.17, 15) is 4.79 Å². The number of aryl methyl sites for hydroxylation is 2. The first-order valence-corrected chi connectivity index (χ1v) is 7.02. The summed E-state index contributed by atoms with van der Waals surface area (Å²) in [6.07, 6.45) is 0.365. The third-order valence-corrected chi connectivity index (χ3v) is 4.14. The maximum absolute atomic E-state index is 12.4. The van der Waals surface area contributed by atoms with E-state index in [0.717, 1.165) is 15.3 Å². The zero-order chi connectivity index (χ0) is 14.6. The quantitative estimate of drug-likeness (QED) is 0.377. The number of amidine groups is 1. The topological polar surface area (TPSA) is 78.9 Å². The summed E-state index contributed by atoms with van der Waals surface area (Å²) >= 11 is 1.51. The zero-order valence-electron chi connectivity index (χ0n) is 11.8. The molecule has 0 saturated heterocycles. The molecular formula is C13H21N3O2S. The molecule has 0 atom stereocenters. The lowest BCUT2D eigenvalue weighted by Crippen LogP contribution is -2.38. The van der Waals surface area contributed by atoms with E-state index < -0.39 is 0 Å². The number of oxime groups is 1. The van der Waals surface area contributed by atoms with Gasteiger partial charge < -0.3 is 15.8 Å². The molecule has 1 amide bonds. The minimum absolute atomic E-state index is 0.00180. The van der Waals surface area contributed by atoms with Gasteiger partial charge in [0.25, 0.3) is 5.91 Å². The molecule has 5 nitrogen and oxygen atoms in total. The van der Waals surface area contributed by atoms with Gasteiger partial charge in [-0.1, -0.05) is 5.16 Å². The second-order valence-electron chi connectivity index (χ2n) is 4.78. The van der Waals surface area contributed by atoms with Crippen molar-refractivity contribution in [3.8, 4) is 0 Å². The summed E-state index contributed by atoms with van der Waals surface area (Å²) < 4.78 is 0. The van der Waals surface area contributed by atoms with Crippen LogP contribution >= 0.6 is 11.3 Å². The van der Waals surface area contributed by atoms with Crippen LogP contribution in [0.3, 0.4) is 0 Å². The number of nitrogens with zero attached hydrogens (tertiary/aromatic N) is 2. The van der Waals surface area contributed by atoms with Gasteiger partial charge in [-0.3, -0.25) is 4.79 Å². The number of rotatable bonds is 5. The average Bonchev–Trinajstić information content (AvgIpc) is 2.68. The van der Waals surface area contributed by atoms with E-state index in [4.69, 9.17) is 10.9 Å². The molecule has 0 aliphatic rings. The Hall–Kier alpha value is -1.56. The molecule has 3 N–H and O–H groups in total. The normalized spacial score (nSPS) is 11.9. The molecule has 0 aromatic carbocycles. The summed E-state index contributed by atoms with van der Waals surface area (Å²) in [5.41, 5.74) is 6.59. The van der Waals surface area contributed by atoms with Gasteiger partial charge >= 0.3 is 0 Å². The van der Waals surface area contributed by atoms with Gasteiger partial charge in [0, 0.05) is 23.9 Å². The van der Waals surface area contributed by atoms with Gasteiger partial charge in [-0.2, -0.15) is 0 Å². The summed E-state index contributed by atoms with van der Waals surface area (Å²) in [5.74, 6) is 0.138. The highest BCUT2D eigenvalue weighted by molar-refractivity contribution is 7.14. The first kappa shape index (κ1) is 15.5. The van der Waals surface area contributed by atoms with Gasteiger partial charge in [-0.25, -0.2) is 0 Å². The number of hydrogen-bond donors (Lipinski definition) is 2. The van der Waals surface area contributed by atoms with E-state index in [-0.39, 0.29) is 17.8 Å². The number of amides is 1. The first-order chi connectivity index (χ1) is 8.86. The molecule has 0 fully saturated rings. The molecule has 0 unspecified atom stereocenters.